The van der Waals surface area contributed by atoms with Crippen LogP contribution in [0.5, 0.6) is 5.88 Å². The van der Waals surface area contributed by atoms with Crippen molar-refractivity contribution >= 4 is 5.82 Å². The van der Waals surface area contributed by atoms with Crippen LogP contribution in [0.2, 0.25) is 0 Å². The van der Waals surface area contributed by atoms with Gasteiger partial charge >= 0.3 is 6.18 Å². The summed E-state index contributed by atoms with van der Waals surface area (Å²) in [6.07, 6.45) is -5.11. The van der Waals surface area contributed by atoms with Gasteiger partial charge in [-0.15, -0.1) is 0 Å². The summed E-state index contributed by atoms with van der Waals surface area (Å²) in [5.74, 6) is 1.14. The van der Waals surface area contributed by atoms with E-state index >= 15 is 0 Å². The van der Waals surface area contributed by atoms with E-state index < -0.39 is 18.6 Å². The van der Waals surface area contributed by atoms with Gasteiger partial charge in [0, 0.05) is 12.1 Å². The van der Waals surface area contributed by atoms with Crippen LogP contribution in [0.4, 0.5) is 19.0 Å². The van der Waals surface area contributed by atoms with Crippen molar-refractivity contribution in [2.45, 2.75) is 39.4 Å². The molecule has 1 atom stereocenters. The molecule has 7 heteroatoms. The van der Waals surface area contributed by atoms with Crippen molar-refractivity contribution in [1.82, 2.24) is 9.97 Å². The summed E-state index contributed by atoms with van der Waals surface area (Å²) in [6, 6.07) is 0.734. The summed E-state index contributed by atoms with van der Waals surface area (Å²) < 4.78 is 41.8. The molecular weight excluding hydrogens is 247 g/mol. The smallest absolute Gasteiger partial charge is 0.391 e. The predicted octanol–water partition coefficient (Wildman–Crippen LogP) is 2.94. The molecule has 1 aromatic heterocycles. The van der Waals surface area contributed by atoms with E-state index in [1.54, 1.807) is 13.8 Å². The minimum atomic E-state index is -4.20. The molecular formula is C11H16F3N3O. The lowest BCUT2D eigenvalue weighted by Crippen LogP contribution is -2.24. The van der Waals surface area contributed by atoms with Gasteiger partial charge in [-0.3, -0.25) is 0 Å². The second-order valence-corrected chi connectivity index (χ2v) is 3.94. The van der Waals surface area contributed by atoms with Crippen LogP contribution in [0.25, 0.3) is 0 Å². The predicted molar refractivity (Wildman–Crippen MR) is 61.7 cm³/mol. The fourth-order valence-corrected chi connectivity index (χ4v) is 1.49. The lowest BCUT2D eigenvalue weighted by Gasteiger charge is -2.16. The zero-order valence-corrected chi connectivity index (χ0v) is 10.5. The molecule has 0 bridgehead atoms. The van der Waals surface area contributed by atoms with Gasteiger partial charge in [-0.1, -0.05) is 0 Å². The van der Waals surface area contributed by atoms with Crippen LogP contribution in [0.3, 0.4) is 0 Å². The van der Waals surface area contributed by atoms with Gasteiger partial charge in [-0.25, -0.2) is 4.98 Å². The summed E-state index contributed by atoms with van der Waals surface area (Å²) >= 11 is 0. The van der Waals surface area contributed by atoms with Gasteiger partial charge in [0.05, 0.1) is 13.0 Å². The lowest BCUT2D eigenvalue weighted by molar-refractivity contribution is -0.136. The number of aromatic nitrogens is 2. The molecule has 0 saturated carbocycles. The van der Waals surface area contributed by atoms with Gasteiger partial charge < -0.3 is 10.1 Å². The van der Waals surface area contributed by atoms with E-state index in [-0.39, 0.29) is 0 Å². The number of alkyl halides is 3. The molecule has 102 valence electrons. The van der Waals surface area contributed by atoms with E-state index in [0.29, 0.717) is 24.1 Å². The molecule has 1 unspecified atom stereocenters. The molecule has 1 aromatic rings. The second kappa shape index (κ2) is 5.88. The average Bonchev–Trinajstić information content (AvgIpc) is 2.12. The summed E-state index contributed by atoms with van der Waals surface area (Å²) in [5.41, 5.74) is 0. The molecule has 0 aliphatic carbocycles. The maximum Gasteiger partial charge on any atom is 0.391 e. The van der Waals surface area contributed by atoms with Gasteiger partial charge in [0.15, 0.2) is 0 Å². The highest BCUT2D eigenvalue weighted by atomic mass is 19.4. The molecule has 1 heterocycles. The van der Waals surface area contributed by atoms with Crippen LogP contribution in [0.15, 0.2) is 6.07 Å². The molecule has 0 amide bonds. The average molecular weight is 263 g/mol. The van der Waals surface area contributed by atoms with Crippen LogP contribution < -0.4 is 10.1 Å². The minimum Gasteiger partial charge on any atom is -0.478 e. The third-order valence-electron chi connectivity index (χ3n) is 2.04. The largest absolute Gasteiger partial charge is 0.478 e. The lowest BCUT2D eigenvalue weighted by atomic mass is 10.2. The summed E-state index contributed by atoms with van der Waals surface area (Å²) in [7, 11) is 0. The van der Waals surface area contributed by atoms with Crippen molar-refractivity contribution < 1.29 is 17.9 Å². The zero-order chi connectivity index (χ0) is 13.8. The van der Waals surface area contributed by atoms with Gasteiger partial charge in [-0.05, 0) is 20.8 Å². The van der Waals surface area contributed by atoms with Crippen molar-refractivity contribution in [2.24, 2.45) is 0 Å². The Labute approximate surface area is 104 Å². The monoisotopic (exact) mass is 263 g/mol. The molecule has 0 saturated heterocycles. The SMILES string of the molecule is CCOc1cc(NC(C)CC(F)(F)F)nc(C)n1. The van der Waals surface area contributed by atoms with E-state index in [9.17, 15) is 13.2 Å². The van der Waals surface area contributed by atoms with Crippen molar-refractivity contribution in [3.8, 4) is 5.88 Å². The Morgan fingerprint density at radius 3 is 2.61 bits per heavy atom. The van der Waals surface area contributed by atoms with E-state index in [1.165, 1.54) is 13.0 Å². The quantitative estimate of drug-likeness (QED) is 0.887. The maximum absolute atomic E-state index is 12.2. The van der Waals surface area contributed by atoms with Crippen LogP contribution in [-0.4, -0.2) is 28.8 Å². The van der Waals surface area contributed by atoms with Gasteiger partial charge in [0.1, 0.15) is 11.6 Å². The normalized spacial score (nSPS) is 13.2. The number of hydrogen-bond acceptors (Lipinski definition) is 4. The Kier molecular flexibility index (Phi) is 4.75. The first-order chi connectivity index (χ1) is 8.30. The Morgan fingerprint density at radius 1 is 1.39 bits per heavy atom. The standard InChI is InChI=1S/C11H16F3N3O/c1-4-18-10-5-9(16-8(3)17-10)15-7(2)6-11(12,13)14/h5,7H,4,6H2,1-3H3,(H,15,16,17). The topological polar surface area (TPSA) is 47.0 Å². The Bertz CT molecular complexity index is 396. The summed E-state index contributed by atoms with van der Waals surface area (Å²) in [5, 5.41) is 2.69. The molecule has 1 rings (SSSR count). The Hall–Kier alpha value is -1.53. The number of nitrogens with zero attached hydrogens (tertiary/aromatic N) is 2. The maximum atomic E-state index is 12.2. The molecule has 1 N–H and O–H groups in total. The van der Waals surface area contributed by atoms with Crippen molar-refractivity contribution in [1.29, 1.82) is 0 Å². The Morgan fingerprint density at radius 2 is 2.06 bits per heavy atom. The molecule has 0 aliphatic rings. The number of aryl methyl sites for hydroxylation is 1. The number of rotatable bonds is 5. The van der Waals surface area contributed by atoms with Crippen molar-refractivity contribution in [3.05, 3.63) is 11.9 Å². The van der Waals surface area contributed by atoms with Gasteiger partial charge in [0.2, 0.25) is 5.88 Å². The third-order valence-corrected chi connectivity index (χ3v) is 2.04. The molecule has 0 spiro atoms. The fourth-order valence-electron chi connectivity index (χ4n) is 1.49. The van der Waals surface area contributed by atoms with E-state index in [0.717, 1.165) is 0 Å². The zero-order valence-electron chi connectivity index (χ0n) is 10.5. The molecule has 18 heavy (non-hydrogen) atoms. The molecule has 0 radical (unpaired) electrons. The summed E-state index contributed by atoms with van der Waals surface area (Å²) in [4.78, 5) is 8.03. The number of halogens is 3. The van der Waals surface area contributed by atoms with Crippen molar-refractivity contribution in [3.63, 3.8) is 0 Å². The fraction of sp³-hybridized carbons (Fsp3) is 0.636. The van der Waals surface area contributed by atoms with Crippen molar-refractivity contribution in [2.75, 3.05) is 11.9 Å². The molecule has 0 aliphatic heterocycles. The highest BCUT2D eigenvalue weighted by molar-refractivity contribution is 5.39. The highest BCUT2D eigenvalue weighted by Gasteiger charge is 2.30. The third kappa shape index (κ3) is 5.20. The Balaban J connectivity index is 2.71. The van der Waals surface area contributed by atoms with E-state index in [1.807, 2.05) is 0 Å². The van der Waals surface area contributed by atoms with E-state index in [2.05, 4.69) is 15.3 Å². The van der Waals surface area contributed by atoms with E-state index in [4.69, 9.17) is 4.74 Å². The number of anilines is 1. The highest BCUT2D eigenvalue weighted by Crippen LogP contribution is 2.23. The van der Waals surface area contributed by atoms with Crippen LogP contribution in [0, 0.1) is 6.92 Å². The minimum absolute atomic E-state index is 0.336. The van der Waals surface area contributed by atoms with Crippen LogP contribution in [-0.2, 0) is 0 Å². The van der Waals surface area contributed by atoms with Crippen LogP contribution >= 0.6 is 0 Å². The first kappa shape index (κ1) is 14.5. The summed E-state index contributed by atoms with van der Waals surface area (Å²) in [6.45, 7) is 5.35. The first-order valence-corrected chi connectivity index (χ1v) is 5.62. The number of ether oxygens (including phenoxy) is 1. The molecule has 0 fully saturated rings. The van der Waals surface area contributed by atoms with Gasteiger partial charge in [-0.2, -0.15) is 18.2 Å². The van der Waals surface area contributed by atoms with Crippen LogP contribution in [0.1, 0.15) is 26.1 Å². The second-order valence-electron chi connectivity index (χ2n) is 3.94. The molecule has 0 aromatic carbocycles. The number of hydrogen-bond donors (Lipinski definition) is 1. The number of nitrogens with one attached hydrogen (secondary N) is 1. The first-order valence-electron chi connectivity index (χ1n) is 5.62. The molecule has 4 nitrogen and oxygen atoms in total. The van der Waals surface area contributed by atoms with Gasteiger partial charge in [0.25, 0.3) is 0 Å².